The van der Waals surface area contributed by atoms with Crippen molar-refractivity contribution in [1.82, 2.24) is 5.32 Å². The number of carbonyl (C=O) groups is 1. The van der Waals surface area contributed by atoms with Gasteiger partial charge in [-0.15, -0.1) is 0 Å². The lowest BCUT2D eigenvalue weighted by Gasteiger charge is -2.33. The van der Waals surface area contributed by atoms with Gasteiger partial charge in [0.15, 0.2) is 0 Å². The number of amides is 1. The van der Waals surface area contributed by atoms with E-state index in [9.17, 15) is 9.90 Å². The molecule has 1 atom stereocenters. The van der Waals surface area contributed by atoms with Crippen molar-refractivity contribution in [2.24, 2.45) is 5.92 Å². The van der Waals surface area contributed by atoms with Crippen molar-refractivity contribution in [1.29, 1.82) is 0 Å². The molecule has 1 fully saturated rings. The monoisotopic (exact) mass is 319 g/mol. The van der Waals surface area contributed by atoms with Crippen molar-refractivity contribution in [2.45, 2.75) is 45.8 Å². The second-order valence-electron chi connectivity index (χ2n) is 6.69. The van der Waals surface area contributed by atoms with Crippen LogP contribution in [0.2, 0.25) is 0 Å². The summed E-state index contributed by atoms with van der Waals surface area (Å²) in [5, 5.41) is 15.9. The largest absolute Gasteiger partial charge is 0.393 e. The zero-order valence-corrected chi connectivity index (χ0v) is 14.4. The first-order chi connectivity index (χ1) is 11.0. The number of carbonyl (C=O) groups excluding carboxylic acids is 1. The summed E-state index contributed by atoms with van der Waals surface area (Å²) in [4.78, 5) is 14.3. The maximum Gasteiger partial charge on any atom is 0.239 e. The van der Waals surface area contributed by atoms with Crippen molar-refractivity contribution >= 4 is 17.3 Å². The van der Waals surface area contributed by atoms with Gasteiger partial charge in [0.2, 0.25) is 5.91 Å². The second-order valence-corrected chi connectivity index (χ2v) is 6.69. The van der Waals surface area contributed by atoms with Gasteiger partial charge in [-0.25, -0.2) is 0 Å². The molecule has 3 N–H and O–H groups in total. The van der Waals surface area contributed by atoms with Crippen LogP contribution in [0.25, 0.3) is 0 Å². The molecule has 1 aliphatic rings. The van der Waals surface area contributed by atoms with Crippen LogP contribution in [0, 0.1) is 5.92 Å². The molecule has 0 radical (unpaired) electrons. The number of rotatable bonds is 6. The van der Waals surface area contributed by atoms with E-state index in [1.165, 1.54) is 0 Å². The van der Waals surface area contributed by atoms with Crippen LogP contribution in [-0.2, 0) is 4.79 Å². The Hall–Kier alpha value is -1.75. The summed E-state index contributed by atoms with van der Waals surface area (Å²) in [6.45, 7) is 8.17. The number of nitrogens with one attached hydrogen (secondary N) is 2. The van der Waals surface area contributed by atoms with Crippen LogP contribution < -0.4 is 15.5 Å². The predicted octanol–water partition coefficient (Wildman–Crippen LogP) is 2.22. The van der Waals surface area contributed by atoms with E-state index in [-0.39, 0.29) is 24.6 Å². The molecular weight excluding hydrogens is 290 g/mol. The first kappa shape index (κ1) is 17.6. The Bertz CT molecular complexity index is 511. The predicted molar refractivity (Wildman–Crippen MR) is 94.8 cm³/mol. The summed E-state index contributed by atoms with van der Waals surface area (Å²) in [6.07, 6.45) is 1.40. The summed E-state index contributed by atoms with van der Waals surface area (Å²) in [7, 11) is 0. The highest BCUT2D eigenvalue weighted by atomic mass is 16.3. The molecule has 1 aromatic rings. The molecule has 5 heteroatoms. The minimum Gasteiger partial charge on any atom is -0.393 e. The van der Waals surface area contributed by atoms with Gasteiger partial charge in [0.05, 0.1) is 24.0 Å². The van der Waals surface area contributed by atoms with Crippen molar-refractivity contribution < 1.29 is 9.90 Å². The lowest BCUT2D eigenvalue weighted by molar-refractivity contribution is -0.120. The molecule has 5 nitrogen and oxygen atoms in total. The molecule has 128 valence electrons. The van der Waals surface area contributed by atoms with E-state index in [4.69, 9.17) is 0 Å². The highest BCUT2D eigenvalue weighted by Gasteiger charge is 2.19. The average molecular weight is 319 g/mol. The molecule has 1 heterocycles. The summed E-state index contributed by atoms with van der Waals surface area (Å²) in [6, 6.07) is 8.21. The second kappa shape index (κ2) is 8.20. The average Bonchev–Trinajstić information content (AvgIpc) is 2.54. The van der Waals surface area contributed by atoms with Gasteiger partial charge >= 0.3 is 0 Å². The molecule has 1 saturated heterocycles. The van der Waals surface area contributed by atoms with Crippen LogP contribution >= 0.6 is 0 Å². The van der Waals surface area contributed by atoms with Gasteiger partial charge in [0.25, 0.3) is 0 Å². The first-order valence-electron chi connectivity index (χ1n) is 8.52. The smallest absolute Gasteiger partial charge is 0.239 e. The summed E-state index contributed by atoms with van der Waals surface area (Å²) < 4.78 is 0. The van der Waals surface area contributed by atoms with E-state index in [1.54, 1.807) is 0 Å². The van der Waals surface area contributed by atoms with Crippen LogP contribution in [0.4, 0.5) is 11.4 Å². The number of hydrogen-bond donors (Lipinski definition) is 3. The van der Waals surface area contributed by atoms with Crippen LogP contribution in [0.3, 0.4) is 0 Å². The highest BCUT2D eigenvalue weighted by molar-refractivity contribution is 5.83. The van der Waals surface area contributed by atoms with E-state index in [1.807, 2.05) is 25.1 Å². The van der Waals surface area contributed by atoms with E-state index >= 15 is 0 Å². The van der Waals surface area contributed by atoms with Gasteiger partial charge in [0, 0.05) is 19.1 Å². The highest BCUT2D eigenvalue weighted by Crippen LogP contribution is 2.28. The molecule has 0 saturated carbocycles. The third kappa shape index (κ3) is 5.13. The fraction of sp³-hybridized carbons (Fsp3) is 0.611. The van der Waals surface area contributed by atoms with Gasteiger partial charge in [-0.1, -0.05) is 26.0 Å². The number of anilines is 2. The Morgan fingerprint density at radius 1 is 1.26 bits per heavy atom. The Morgan fingerprint density at radius 2 is 1.91 bits per heavy atom. The van der Waals surface area contributed by atoms with Crippen LogP contribution in [-0.4, -0.2) is 42.8 Å². The molecule has 0 spiro atoms. The molecule has 0 aliphatic carbocycles. The quantitative estimate of drug-likeness (QED) is 0.752. The van der Waals surface area contributed by atoms with Crippen LogP contribution in [0.1, 0.15) is 33.6 Å². The van der Waals surface area contributed by atoms with E-state index in [0.29, 0.717) is 5.92 Å². The van der Waals surface area contributed by atoms with Crippen LogP contribution in [0.5, 0.6) is 0 Å². The number of piperidine rings is 1. The fourth-order valence-corrected chi connectivity index (χ4v) is 2.65. The summed E-state index contributed by atoms with van der Waals surface area (Å²) in [5.74, 6) is 0.432. The van der Waals surface area contributed by atoms with Gasteiger partial charge in [0.1, 0.15) is 0 Å². The van der Waals surface area contributed by atoms with Crippen molar-refractivity contribution in [3.05, 3.63) is 24.3 Å². The van der Waals surface area contributed by atoms with E-state index in [0.717, 1.165) is 37.3 Å². The standard InChI is InChI=1S/C18H29N3O2/c1-13(2)14(3)20-18(23)12-19-16-6-4-5-7-17(16)21-10-8-15(22)9-11-21/h4-7,13-15,19,22H,8-12H2,1-3H3,(H,20,23). The zero-order chi connectivity index (χ0) is 16.8. The number of benzene rings is 1. The lowest BCUT2D eigenvalue weighted by Crippen LogP contribution is -2.40. The minimum absolute atomic E-state index is 0.00932. The zero-order valence-electron chi connectivity index (χ0n) is 14.4. The molecule has 0 bridgehead atoms. The van der Waals surface area contributed by atoms with Crippen molar-refractivity contribution in [3.63, 3.8) is 0 Å². The molecule has 1 amide bonds. The lowest BCUT2D eigenvalue weighted by atomic mass is 10.1. The van der Waals surface area contributed by atoms with Gasteiger partial charge in [-0.05, 0) is 37.8 Å². The Kier molecular flexibility index (Phi) is 6.28. The normalized spacial score (nSPS) is 17.2. The van der Waals surface area contributed by atoms with Crippen molar-refractivity contribution in [2.75, 3.05) is 29.9 Å². The maximum atomic E-state index is 12.0. The third-order valence-corrected chi connectivity index (χ3v) is 4.54. The van der Waals surface area contributed by atoms with Gasteiger partial charge < -0.3 is 20.6 Å². The number of aliphatic hydroxyl groups excluding tert-OH is 1. The van der Waals surface area contributed by atoms with E-state index < -0.39 is 0 Å². The van der Waals surface area contributed by atoms with E-state index in [2.05, 4.69) is 35.4 Å². The number of para-hydroxylation sites is 2. The summed E-state index contributed by atoms with van der Waals surface area (Å²) in [5.41, 5.74) is 2.07. The first-order valence-corrected chi connectivity index (χ1v) is 8.52. The molecule has 0 aromatic heterocycles. The van der Waals surface area contributed by atoms with Gasteiger partial charge in [-0.3, -0.25) is 4.79 Å². The maximum absolute atomic E-state index is 12.0. The number of nitrogens with zero attached hydrogens (tertiary/aromatic N) is 1. The fourth-order valence-electron chi connectivity index (χ4n) is 2.65. The molecule has 1 aliphatic heterocycles. The SMILES string of the molecule is CC(C)C(C)NC(=O)CNc1ccccc1N1CCC(O)CC1. The molecule has 1 unspecified atom stereocenters. The summed E-state index contributed by atoms with van der Waals surface area (Å²) >= 11 is 0. The molecule has 1 aromatic carbocycles. The van der Waals surface area contributed by atoms with Crippen molar-refractivity contribution in [3.8, 4) is 0 Å². The Labute approximate surface area is 139 Å². The molecule has 2 rings (SSSR count). The number of aliphatic hydroxyl groups is 1. The Morgan fingerprint density at radius 3 is 2.57 bits per heavy atom. The van der Waals surface area contributed by atoms with Crippen LogP contribution in [0.15, 0.2) is 24.3 Å². The number of hydrogen-bond acceptors (Lipinski definition) is 4. The van der Waals surface area contributed by atoms with Gasteiger partial charge in [-0.2, -0.15) is 0 Å². The molecule has 23 heavy (non-hydrogen) atoms. The Balaban J connectivity index is 1.94. The minimum atomic E-state index is -0.185. The third-order valence-electron chi connectivity index (χ3n) is 4.54. The topological polar surface area (TPSA) is 64.6 Å². The molecular formula is C18H29N3O2.